The van der Waals surface area contributed by atoms with E-state index in [0.717, 1.165) is 11.1 Å². The molecule has 1 aromatic carbocycles. The monoisotopic (exact) mass is 305 g/mol. The number of pyridine rings is 1. The molecule has 0 aliphatic rings. The van der Waals surface area contributed by atoms with Gasteiger partial charge in [0.15, 0.2) is 0 Å². The first-order chi connectivity index (χ1) is 9.94. The van der Waals surface area contributed by atoms with Gasteiger partial charge >= 0.3 is 0 Å². The summed E-state index contributed by atoms with van der Waals surface area (Å²) in [5.41, 5.74) is 2.05. The van der Waals surface area contributed by atoms with Gasteiger partial charge in [0, 0.05) is 19.3 Å². The highest BCUT2D eigenvalue weighted by Crippen LogP contribution is 2.21. The summed E-state index contributed by atoms with van der Waals surface area (Å²) in [6, 6.07) is 10.6. The minimum absolute atomic E-state index is 0.145. The van der Waals surface area contributed by atoms with Crippen LogP contribution in [0.25, 0.3) is 0 Å². The summed E-state index contributed by atoms with van der Waals surface area (Å²) in [7, 11) is -1.99. The maximum Gasteiger partial charge on any atom is 0.244 e. The third-order valence-electron chi connectivity index (χ3n) is 3.21. The van der Waals surface area contributed by atoms with Crippen molar-refractivity contribution in [2.24, 2.45) is 0 Å². The van der Waals surface area contributed by atoms with E-state index in [-0.39, 0.29) is 10.9 Å². The second-order valence-corrected chi connectivity index (χ2v) is 6.54. The molecular weight excluding hydrogens is 286 g/mol. The van der Waals surface area contributed by atoms with E-state index in [4.69, 9.17) is 0 Å². The zero-order valence-corrected chi connectivity index (χ0v) is 13.1. The van der Waals surface area contributed by atoms with Crippen LogP contribution < -0.4 is 10.0 Å². The lowest BCUT2D eigenvalue weighted by Gasteiger charge is -2.16. The molecule has 21 heavy (non-hydrogen) atoms. The summed E-state index contributed by atoms with van der Waals surface area (Å²) in [6.07, 6.45) is 1.55. The van der Waals surface area contributed by atoms with E-state index < -0.39 is 10.0 Å². The number of aromatic nitrogens is 1. The van der Waals surface area contributed by atoms with Crippen molar-refractivity contribution in [2.75, 3.05) is 12.4 Å². The number of hydrogen-bond donors (Lipinski definition) is 2. The maximum absolute atomic E-state index is 12.5. The second-order valence-electron chi connectivity index (χ2n) is 4.85. The molecule has 2 rings (SSSR count). The summed E-state index contributed by atoms with van der Waals surface area (Å²) in [5, 5.41) is 2.79. The van der Waals surface area contributed by atoms with Crippen LogP contribution in [0, 0.1) is 6.92 Å². The molecule has 0 aliphatic heterocycles. The summed E-state index contributed by atoms with van der Waals surface area (Å²) < 4.78 is 27.6. The van der Waals surface area contributed by atoms with Gasteiger partial charge in [-0.25, -0.2) is 18.1 Å². The highest BCUT2D eigenvalue weighted by atomic mass is 32.2. The zero-order valence-electron chi connectivity index (χ0n) is 12.3. The highest BCUT2D eigenvalue weighted by Gasteiger charge is 2.21. The zero-order chi connectivity index (χ0) is 15.5. The molecule has 0 fully saturated rings. The summed E-state index contributed by atoms with van der Waals surface area (Å²) in [5.74, 6) is 0.334. The van der Waals surface area contributed by atoms with Crippen LogP contribution >= 0.6 is 0 Å². The maximum atomic E-state index is 12.5. The van der Waals surface area contributed by atoms with Gasteiger partial charge in [0.2, 0.25) is 10.0 Å². The Bertz CT molecular complexity index is 712. The first kappa shape index (κ1) is 15.5. The van der Waals surface area contributed by atoms with Gasteiger partial charge < -0.3 is 5.32 Å². The molecule has 0 amide bonds. The first-order valence-corrected chi connectivity index (χ1v) is 8.14. The van der Waals surface area contributed by atoms with Gasteiger partial charge in [-0.3, -0.25) is 0 Å². The molecule has 0 saturated heterocycles. The van der Waals surface area contributed by atoms with Crippen LogP contribution in [0.5, 0.6) is 0 Å². The second kappa shape index (κ2) is 6.24. The molecular formula is C15H19N3O2S. The van der Waals surface area contributed by atoms with Crippen LogP contribution in [0.3, 0.4) is 0 Å². The van der Waals surface area contributed by atoms with Crippen LogP contribution in [0.2, 0.25) is 0 Å². The van der Waals surface area contributed by atoms with Crippen LogP contribution in [-0.4, -0.2) is 20.4 Å². The molecule has 1 unspecified atom stereocenters. The van der Waals surface area contributed by atoms with Gasteiger partial charge in [-0.1, -0.05) is 29.8 Å². The average molecular weight is 305 g/mol. The lowest BCUT2D eigenvalue weighted by Crippen LogP contribution is -2.27. The van der Waals surface area contributed by atoms with Crippen molar-refractivity contribution in [1.29, 1.82) is 0 Å². The van der Waals surface area contributed by atoms with E-state index in [9.17, 15) is 8.42 Å². The Morgan fingerprint density at radius 2 is 1.81 bits per heavy atom. The number of anilines is 1. The fourth-order valence-corrected chi connectivity index (χ4v) is 3.41. The van der Waals surface area contributed by atoms with Crippen molar-refractivity contribution in [2.45, 2.75) is 24.8 Å². The van der Waals surface area contributed by atoms with E-state index in [1.54, 1.807) is 19.3 Å². The van der Waals surface area contributed by atoms with Crippen LogP contribution in [0.4, 0.5) is 5.82 Å². The number of rotatable bonds is 5. The summed E-state index contributed by atoms with van der Waals surface area (Å²) in [4.78, 5) is 4.17. The third kappa shape index (κ3) is 3.59. The molecule has 0 radical (unpaired) electrons. The van der Waals surface area contributed by atoms with Crippen molar-refractivity contribution in [3.8, 4) is 0 Å². The Hall–Kier alpha value is -1.92. The lowest BCUT2D eigenvalue weighted by molar-refractivity contribution is 0.567. The Balaban J connectivity index is 2.26. The molecule has 1 atom stereocenters. The fourth-order valence-electron chi connectivity index (χ4n) is 2.01. The predicted molar refractivity (Wildman–Crippen MR) is 83.7 cm³/mol. The Morgan fingerprint density at radius 3 is 2.43 bits per heavy atom. The molecule has 2 aromatic rings. The standard InChI is InChI=1S/C15H19N3O2S/c1-11-6-8-13(9-7-11)12(2)18-21(19,20)14-5-4-10-17-15(14)16-3/h4-10,12,18H,1-3H3,(H,16,17). The topological polar surface area (TPSA) is 71.1 Å². The Kier molecular flexibility index (Phi) is 4.59. The number of aryl methyl sites for hydroxylation is 1. The number of hydrogen-bond acceptors (Lipinski definition) is 4. The minimum Gasteiger partial charge on any atom is -0.372 e. The quantitative estimate of drug-likeness (QED) is 0.890. The highest BCUT2D eigenvalue weighted by molar-refractivity contribution is 7.89. The van der Waals surface area contributed by atoms with Crippen molar-refractivity contribution in [3.63, 3.8) is 0 Å². The SMILES string of the molecule is CNc1ncccc1S(=O)(=O)NC(C)c1ccc(C)cc1. The van der Waals surface area contributed by atoms with Crippen molar-refractivity contribution < 1.29 is 8.42 Å². The van der Waals surface area contributed by atoms with Gasteiger partial charge in [0.05, 0.1) is 0 Å². The molecule has 1 aromatic heterocycles. The number of nitrogens with one attached hydrogen (secondary N) is 2. The van der Waals surface area contributed by atoms with E-state index in [2.05, 4.69) is 15.0 Å². The largest absolute Gasteiger partial charge is 0.372 e. The fraction of sp³-hybridized carbons (Fsp3) is 0.267. The van der Waals surface area contributed by atoms with Crippen molar-refractivity contribution in [1.82, 2.24) is 9.71 Å². The van der Waals surface area contributed by atoms with Crippen molar-refractivity contribution in [3.05, 3.63) is 53.7 Å². The third-order valence-corrected chi connectivity index (χ3v) is 4.78. The number of benzene rings is 1. The predicted octanol–water partition coefficient (Wildman–Crippen LogP) is 2.47. The molecule has 6 heteroatoms. The Morgan fingerprint density at radius 1 is 1.14 bits per heavy atom. The molecule has 0 saturated carbocycles. The van der Waals surface area contributed by atoms with Crippen LogP contribution in [0.1, 0.15) is 24.1 Å². The minimum atomic E-state index is -3.64. The van der Waals surface area contributed by atoms with Crippen LogP contribution in [0.15, 0.2) is 47.5 Å². The van der Waals surface area contributed by atoms with E-state index >= 15 is 0 Å². The summed E-state index contributed by atoms with van der Waals surface area (Å²) >= 11 is 0. The molecule has 5 nitrogen and oxygen atoms in total. The van der Waals surface area contributed by atoms with Crippen LogP contribution in [-0.2, 0) is 10.0 Å². The van der Waals surface area contributed by atoms with E-state index in [0.29, 0.717) is 5.82 Å². The molecule has 0 bridgehead atoms. The Labute approximate surface area is 125 Å². The molecule has 112 valence electrons. The van der Waals surface area contributed by atoms with Gasteiger partial charge in [0.25, 0.3) is 0 Å². The number of sulfonamides is 1. The normalized spacial score (nSPS) is 12.9. The molecule has 2 N–H and O–H groups in total. The van der Waals surface area contributed by atoms with Gasteiger partial charge in [-0.15, -0.1) is 0 Å². The van der Waals surface area contributed by atoms with E-state index in [1.165, 1.54) is 6.07 Å². The molecule has 0 spiro atoms. The summed E-state index contributed by atoms with van der Waals surface area (Å²) in [6.45, 7) is 3.81. The average Bonchev–Trinajstić information content (AvgIpc) is 2.47. The van der Waals surface area contributed by atoms with Gasteiger partial charge in [-0.2, -0.15) is 0 Å². The van der Waals surface area contributed by atoms with Crippen molar-refractivity contribution >= 4 is 15.8 Å². The molecule has 0 aliphatic carbocycles. The number of nitrogens with zero attached hydrogens (tertiary/aromatic N) is 1. The first-order valence-electron chi connectivity index (χ1n) is 6.65. The van der Waals surface area contributed by atoms with E-state index in [1.807, 2.05) is 38.1 Å². The smallest absolute Gasteiger partial charge is 0.244 e. The molecule has 1 heterocycles. The van der Waals surface area contributed by atoms with Gasteiger partial charge in [-0.05, 0) is 31.5 Å². The van der Waals surface area contributed by atoms with Gasteiger partial charge in [0.1, 0.15) is 10.7 Å². The lowest BCUT2D eigenvalue weighted by atomic mass is 10.1.